The number of hydrazine groups is 1. The summed E-state index contributed by atoms with van der Waals surface area (Å²) in [6, 6.07) is 9.80. The van der Waals surface area contributed by atoms with Crippen molar-refractivity contribution in [1.29, 1.82) is 0 Å². The van der Waals surface area contributed by atoms with Gasteiger partial charge in [0.15, 0.2) is 0 Å². The smallest absolute Gasteiger partial charge is 0.239 e. The minimum absolute atomic E-state index is 1.03. The van der Waals surface area contributed by atoms with E-state index in [9.17, 15) is 0 Å². The Morgan fingerprint density at radius 1 is 1.22 bits per heavy atom. The van der Waals surface area contributed by atoms with Gasteiger partial charge in [0.1, 0.15) is 0 Å². The molecule has 0 aromatic heterocycles. The van der Waals surface area contributed by atoms with Crippen LogP contribution in [-0.4, -0.2) is 7.98 Å². The number of hydrogen-bond donors (Lipinski definition) is 1. The summed E-state index contributed by atoms with van der Waals surface area (Å²) in [7, 11) is 1.81. The third kappa shape index (κ3) is 1.47. The maximum atomic E-state index is 5.45. The lowest BCUT2D eigenvalue weighted by Crippen LogP contribution is -2.26. The average Bonchev–Trinajstić information content (AvgIpc) is 1.90. The van der Waals surface area contributed by atoms with Crippen LogP contribution in [0.25, 0.3) is 0 Å². The number of nitrogens with zero attached hydrogens (tertiary/aromatic N) is 1. The molecule has 1 rings (SSSR count). The van der Waals surface area contributed by atoms with Crippen LogP contribution in [0.2, 0.25) is 0 Å². The third-order valence-corrected chi connectivity index (χ3v) is 1.16. The van der Waals surface area contributed by atoms with Crippen molar-refractivity contribution in [3.8, 4) is 0 Å². The number of para-hydroxylation sites is 1. The zero-order valence-electron chi connectivity index (χ0n) is 5.41. The highest BCUT2D eigenvalue weighted by molar-refractivity contribution is 6.16. The number of hydrogen-bond acceptors (Lipinski definition) is 2. The van der Waals surface area contributed by atoms with Gasteiger partial charge in [-0.3, -0.25) is 5.84 Å². The molecule has 0 fully saturated rings. The quantitative estimate of drug-likeness (QED) is 0.319. The van der Waals surface area contributed by atoms with Crippen LogP contribution in [0, 0.1) is 0 Å². The van der Waals surface area contributed by atoms with Gasteiger partial charge in [0.25, 0.3) is 0 Å². The van der Waals surface area contributed by atoms with Crippen LogP contribution in [0.3, 0.4) is 0 Å². The van der Waals surface area contributed by atoms with Gasteiger partial charge in [0.05, 0.1) is 0 Å². The molecule has 2 N–H and O–H groups in total. The molecule has 0 radical (unpaired) electrons. The highest BCUT2D eigenvalue weighted by Gasteiger charge is 1.88. The first-order valence-electron chi connectivity index (χ1n) is 2.84. The first-order chi connectivity index (χ1) is 4.30. The molecule has 0 aliphatic heterocycles. The summed E-state index contributed by atoms with van der Waals surface area (Å²) in [5.41, 5.74) is 1.03. The fourth-order valence-corrected chi connectivity index (χ4v) is 0.663. The summed E-state index contributed by atoms with van der Waals surface area (Å²) in [5, 5.41) is 0. The molecule has 0 heterocycles. The molecule has 0 saturated carbocycles. The minimum atomic E-state index is 1.03. The maximum absolute atomic E-state index is 5.45. The monoisotopic (exact) mass is 120 g/mol. The Hall–Kier alpha value is -0.955. The summed E-state index contributed by atoms with van der Waals surface area (Å²) < 4.78 is 0. The molecule has 0 spiro atoms. The molecule has 0 amide bonds. The second kappa shape index (κ2) is 2.55. The molecule has 9 heavy (non-hydrogen) atoms. The van der Waals surface area contributed by atoms with Crippen molar-refractivity contribution < 1.29 is 0 Å². The summed E-state index contributed by atoms with van der Waals surface area (Å²) in [6.45, 7) is 0. The van der Waals surface area contributed by atoms with Crippen LogP contribution in [0.1, 0.15) is 0 Å². The van der Waals surface area contributed by atoms with Crippen LogP contribution < -0.4 is 10.8 Å². The van der Waals surface area contributed by atoms with Gasteiger partial charge >= 0.3 is 0 Å². The predicted octanol–water partition coefficient (Wildman–Crippen LogP) is -0.0852. The molecule has 1 aromatic rings. The Morgan fingerprint density at radius 3 is 2.11 bits per heavy atom. The Kier molecular flexibility index (Phi) is 1.75. The molecule has 0 aliphatic carbocycles. The van der Waals surface area contributed by atoms with E-state index in [0.29, 0.717) is 0 Å². The van der Waals surface area contributed by atoms with Crippen LogP contribution in [-0.2, 0) is 0 Å². The Labute approximate surface area is 55.7 Å². The van der Waals surface area contributed by atoms with Gasteiger partial charge in [-0.05, 0) is 12.1 Å². The Balaban J connectivity index is 2.85. The largest absolute Gasteiger partial charge is 0.364 e. The first kappa shape index (κ1) is 6.17. The molecule has 3 heteroatoms. The normalized spacial score (nSPS) is 9.00. The van der Waals surface area contributed by atoms with E-state index < -0.39 is 0 Å². The van der Waals surface area contributed by atoms with Crippen LogP contribution in [0.4, 0.5) is 5.69 Å². The topological polar surface area (TPSA) is 29.3 Å². The van der Waals surface area contributed by atoms with Gasteiger partial charge in [-0.15, -0.1) is 0 Å². The maximum Gasteiger partial charge on any atom is 0.239 e. The third-order valence-electron chi connectivity index (χ3n) is 1.16. The molecule has 0 bridgehead atoms. The van der Waals surface area contributed by atoms with E-state index in [2.05, 4.69) is 0 Å². The van der Waals surface area contributed by atoms with Crippen molar-refractivity contribution in [2.45, 2.75) is 0 Å². The van der Waals surface area contributed by atoms with Crippen LogP contribution >= 0.6 is 0 Å². The van der Waals surface area contributed by atoms with Crippen molar-refractivity contribution in [1.82, 2.24) is 0 Å². The van der Waals surface area contributed by atoms with E-state index in [1.54, 1.807) is 4.92 Å². The second-order valence-electron chi connectivity index (χ2n) is 1.95. The van der Waals surface area contributed by atoms with Crippen molar-refractivity contribution in [2.75, 3.05) is 4.92 Å². The molecule has 1 aromatic carbocycles. The standard InChI is InChI=1S/C6H9BN2/c7-9(8)6-4-2-1-3-5-6/h1-5H,7-8H2. The van der Waals surface area contributed by atoms with Gasteiger partial charge in [-0.2, -0.15) is 0 Å². The van der Waals surface area contributed by atoms with Crippen molar-refractivity contribution in [3.63, 3.8) is 0 Å². The van der Waals surface area contributed by atoms with Gasteiger partial charge in [0.2, 0.25) is 7.98 Å². The molecule has 46 valence electrons. The van der Waals surface area contributed by atoms with Gasteiger partial charge in [0, 0.05) is 5.69 Å². The molecular weight excluding hydrogens is 111 g/mol. The fraction of sp³-hybridized carbons (Fsp3) is 0. The Morgan fingerprint density at radius 2 is 1.78 bits per heavy atom. The molecule has 0 atom stereocenters. The first-order valence-corrected chi connectivity index (χ1v) is 2.84. The molecule has 0 unspecified atom stereocenters. The predicted molar refractivity (Wildman–Crippen MR) is 41.7 cm³/mol. The summed E-state index contributed by atoms with van der Waals surface area (Å²) in [6.07, 6.45) is 0. The highest BCUT2D eigenvalue weighted by Crippen LogP contribution is 2.05. The van der Waals surface area contributed by atoms with Crippen LogP contribution in [0.15, 0.2) is 30.3 Å². The van der Waals surface area contributed by atoms with E-state index in [1.807, 2.05) is 38.3 Å². The molecule has 0 aliphatic rings. The lowest BCUT2D eigenvalue weighted by molar-refractivity contribution is 1.19. The summed E-state index contributed by atoms with van der Waals surface area (Å²) >= 11 is 0. The van der Waals surface area contributed by atoms with Crippen molar-refractivity contribution in [3.05, 3.63) is 30.3 Å². The number of anilines is 1. The zero-order valence-corrected chi connectivity index (χ0v) is 5.41. The van der Waals surface area contributed by atoms with E-state index in [1.165, 1.54) is 0 Å². The van der Waals surface area contributed by atoms with E-state index >= 15 is 0 Å². The van der Waals surface area contributed by atoms with Gasteiger partial charge in [-0.25, -0.2) is 0 Å². The van der Waals surface area contributed by atoms with Crippen molar-refractivity contribution >= 4 is 13.7 Å². The van der Waals surface area contributed by atoms with Gasteiger partial charge < -0.3 is 4.92 Å². The van der Waals surface area contributed by atoms with Crippen molar-refractivity contribution in [2.24, 2.45) is 5.84 Å². The molecular formula is C6H9BN2. The zero-order chi connectivity index (χ0) is 6.69. The lowest BCUT2D eigenvalue weighted by atomic mass is 10.2. The second-order valence-corrected chi connectivity index (χ2v) is 1.95. The minimum Gasteiger partial charge on any atom is -0.364 e. The van der Waals surface area contributed by atoms with E-state index in [-0.39, 0.29) is 0 Å². The lowest BCUT2D eigenvalue weighted by Gasteiger charge is -2.10. The van der Waals surface area contributed by atoms with Gasteiger partial charge in [-0.1, -0.05) is 18.2 Å². The molecule has 0 saturated heterocycles. The average molecular weight is 120 g/mol. The van der Waals surface area contributed by atoms with Crippen LogP contribution in [0.5, 0.6) is 0 Å². The SMILES string of the molecule is BN(N)c1ccccc1. The Bertz CT molecular complexity index is 174. The summed E-state index contributed by atoms with van der Waals surface area (Å²) in [4.78, 5) is 1.58. The van der Waals surface area contributed by atoms with E-state index in [4.69, 9.17) is 5.84 Å². The summed E-state index contributed by atoms with van der Waals surface area (Å²) in [5.74, 6) is 5.45. The number of nitrogens with two attached hydrogens (primary N) is 1. The number of rotatable bonds is 1. The fourth-order valence-electron chi connectivity index (χ4n) is 0.663. The van der Waals surface area contributed by atoms with E-state index in [0.717, 1.165) is 5.69 Å². The molecule has 2 nitrogen and oxygen atoms in total. The number of benzene rings is 1. The highest BCUT2D eigenvalue weighted by atomic mass is 15.3.